The number of benzene rings is 2. The molecule has 0 saturated carbocycles. The molecule has 3 N–H and O–H groups in total. The first-order chi connectivity index (χ1) is 13.9. The van der Waals surface area contributed by atoms with Gasteiger partial charge in [-0.05, 0) is 42.5 Å². The van der Waals surface area contributed by atoms with Crippen LogP contribution in [-0.4, -0.2) is 43.9 Å². The summed E-state index contributed by atoms with van der Waals surface area (Å²) < 4.78 is 18.8. The fraction of sp³-hybridized carbons (Fsp3) is 0.300. The first kappa shape index (κ1) is 21.9. The Morgan fingerprint density at radius 2 is 1.86 bits per heavy atom. The van der Waals surface area contributed by atoms with Crippen molar-refractivity contribution in [2.24, 2.45) is 0 Å². The van der Waals surface area contributed by atoms with Gasteiger partial charge in [-0.2, -0.15) is 0 Å². The molecule has 1 heterocycles. The summed E-state index contributed by atoms with van der Waals surface area (Å²) in [6.45, 7) is 3.49. The van der Waals surface area contributed by atoms with Crippen LogP contribution in [0.5, 0.6) is 0 Å². The Kier molecular flexibility index (Phi) is 7.80. The molecular formula is C20H21Cl2FN3O2S+. The van der Waals surface area contributed by atoms with E-state index < -0.39 is 5.91 Å². The summed E-state index contributed by atoms with van der Waals surface area (Å²) in [6, 6.07) is 11.1. The smallest absolute Gasteiger partial charge is 0.258 e. The molecule has 3 rings (SSSR count). The third-order valence-corrected chi connectivity index (χ3v) is 5.56. The minimum Gasteiger partial charge on any atom is -0.370 e. The Bertz CT molecular complexity index is 877. The van der Waals surface area contributed by atoms with Gasteiger partial charge in [0, 0.05) is 10.6 Å². The lowest BCUT2D eigenvalue weighted by Gasteiger charge is -2.32. The lowest BCUT2D eigenvalue weighted by molar-refractivity contribution is -0.937. The summed E-state index contributed by atoms with van der Waals surface area (Å²) in [5.41, 5.74) is 1.28. The van der Waals surface area contributed by atoms with Crippen LogP contribution in [-0.2, 0) is 4.74 Å². The van der Waals surface area contributed by atoms with Crippen molar-refractivity contribution in [1.29, 1.82) is 0 Å². The minimum atomic E-state index is -0.416. The van der Waals surface area contributed by atoms with Crippen molar-refractivity contribution in [3.63, 3.8) is 0 Å². The number of ether oxygens (including phenoxy) is 1. The van der Waals surface area contributed by atoms with Gasteiger partial charge in [0.1, 0.15) is 24.9 Å². The quantitative estimate of drug-likeness (QED) is 0.604. The van der Waals surface area contributed by atoms with Gasteiger partial charge in [0.25, 0.3) is 5.91 Å². The molecule has 0 bridgehead atoms. The number of morpholine rings is 1. The summed E-state index contributed by atoms with van der Waals surface area (Å²) in [5, 5.41) is 6.63. The molecule has 0 unspecified atom stereocenters. The van der Waals surface area contributed by atoms with Gasteiger partial charge >= 0.3 is 0 Å². The van der Waals surface area contributed by atoms with Crippen LogP contribution >= 0.6 is 35.4 Å². The van der Waals surface area contributed by atoms with Crippen molar-refractivity contribution in [3.8, 4) is 0 Å². The topological polar surface area (TPSA) is 54.8 Å². The molecule has 1 aliphatic rings. The molecule has 0 aliphatic carbocycles. The maximum absolute atomic E-state index is 13.3. The zero-order valence-electron chi connectivity index (χ0n) is 15.5. The van der Waals surface area contributed by atoms with Crippen LogP contribution in [0.25, 0.3) is 0 Å². The van der Waals surface area contributed by atoms with E-state index in [0.29, 0.717) is 24.8 Å². The van der Waals surface area contributed by atoms with Crippen LogP contribution < -0.4 is 15.5 Å². The summed E-state index contributed by atoms with van der Waals surface area (Å²) >= 11 is 17.2. The Balaban J connectivity index is 1.64. The van der Waals surface area contributed by atoms with E-state index in [1.54, 1.807) is 24.3 Å². The van der Waals surface area contributed by atoms with Gasteiger partial charge in [-0.15, -0.1) is 0 Å². The molecule has 2 aromatic carbocycles. The number of hydrogen-bond donors (Lipinski definition) is 3. The van der Waals surface area contributed by atoms with Crippen LogP contribution in [0.1, 0.15) is 22.0 Å². The Labute approximate surface area is 184 Å². The zero-order chi connectivity index (χ0) is 20.8. The highest BCUT2D eigenvalue weighted by molar-refractivity contribution is 7.80. The monoisotopic (exact) mass is 456 g/mol. The molecule has 154 valence electrons. The fourth-order valence-electron chi connectivity index (χ4n) is 3.26. The number of rotatable bonds is 5. The number of amides is 1. The molecule has 0 radical (unpaired) electrons. The van der Waals surface area contributed by atoms with Gasteiger partial charge < -0.3 is 15.0 Å². The average Bonchev–Trinajstić information content (AvgIpc) is 2.70. The molecule has 1 saturated heterocycles. The number of quaternary nitrogens is 1. The van der Waals surface area contributed by atoms with Gasteiger partial charge in [-0.25, -0.2) is 4.39 Å². The van der Waals surface area contributed by atoms with Gasteiger partial charge in [0.05, 0.1) is 30.3 Å². The molecule has 29 heavy (non-hydrogen) atoms. The van der Waals surface area contributed by atoms with E-state index in [-0.39, 0.29) is 27.6 Å². The predicted octanol–water partition coefficient (Wildman–Crippen LogP) is 2.39. The van der Waals surface area contributed by atoms with Crippen molar-refractivity contribution in [3.05, 3.63) is 69.5 Å². The van der Waals surface area contributed by atoms with Gasteiger partial charge in [0.15, 0.2) is 5.11 Å². The van der Waals surface area contributed by atoms with E-state index in [4.69, 9.17) is 40.2 Å². The van der Waals surface area contributed by atoms with E-state index in [1.807, 2.05) is 0 Å². The molecule has 0 spiro atoms. The average molecular weight is 457 g/mol. The summed E-state index contributed by atoms with van der Waals surface area (Å²) in [6.07, 6.45) is 0. The van der Waals surface area contributed by atoms with Crippen LogP contribution in [0.15, 0.2) is 42.5 Å². The summed E-state index contributed by atoms with van der Waals surface area (Å²) in [5.74, 6) is -0.693. The standard InChI is InChI=1S/C20H20Cl2FN3O2S/c21-14-3-6-16(17(22)11-14)19(27)25-20(29)24-12-18(26-7-9-28-10-8-26)13-1-4-15(23)5-2-13/h1-6,11,18H,7-10,12H2,(H2,24,25,27,29)/p+1/t18-/m1/s1. The van der Waals surface area contributed by atoms with Gasteiger partial charge in [0.2, 0.25) is 0 Å². The third kappa shape index (κ3) is 6.10. The highest BCUT2D eigenvalue weighted by Gasteiger charge is 2.26. The SMILES string of the molecule is O=C(NC(=S)NC[C@H](c1ccc(F)cc1)[NH+]1CCOCC1)c1ccc(Cl)cc1Cl. The molecule has 0 aromatic heterocycles. The second-order valence-electron chi connectivity index (χ2n) is 6.66. The largest absolute Gasteiger partial charge is 0.370 e. The van der Waals surface area contributed by atoms with Crippen molar-refractivity contribution >= 4 is 46.4 Å². The number of carbonyl (C=O) groups is 1. The predicted molar refractivity (Wildman–Crippen MR) is 115 cm³/mol. The van der Waals surface area contributed by atoms with Crippen molar-refractivity contribution in [2.75, 3.05) is 32.8 Å². The minimum absolute atomic E-state index is 0.0356. The highest BCUT2D eigenvalue weighted by atomic mass is 35.5. The number of halogens is 3. The number of hydrogen-bond acceptors (Lipinski definition) is 3. The van der Waals surface area contributed by atoms with Crippen molar-refractivity contribution < 1.29 is 18.8 Å². The molecule has 2 aromatic rings. The molecule has 1 fully saturated rings. The normalized spacial score (nSPS) is 15.6. The second-order valence-corrected chi connectivity index (χ2v) is 7.91. The van der Waals surface area contributed by atoms with E-state index in [1.165, 1.54) is 23.1 Å². The number of thiocarbonyl (C=S) groups is 1. The van der Waals surface area contributed by atoms with Gasteiger partial charge in [-0.1, -0.05) is 35.3 Å². The fourth-order valence-corrected chi connectivity index (χ4v) is 3.93. The summed E-state index contributed by atoms with van der Waals surface area (Å²) in [7, 11) is 0. The Hall–Kier alpha value is -1.77. The first-order valence-electron chi connectivity index (χ1n) is 9.16. The van der Waals surface area contributed by atoms with E-state index in [9.17, 15) is 9.18 Å². The number of carbonyl (C=O) groups excluding carboxylic acids is 1. The van der Waals surface area contributed by atoms with Crippen LogP contribution in [0, 0.1) is 5.82 Å². The molecule has 1 amide bonds. The van der Waals surface area contributed by atoms with Gasteiger partial charge in [-0.3, -0.25) is 10.1 Å². The molecular weight excluding hydrogens is 436 g/mol. The Morgan fingerprint density at radius 3 is 2.52 bits per heavy atom. The van der Waals surface area contributed by atoms with Crippen molar-refractivity contribution in [2.45, 2.75) is 6.04 Å². The second kappa shape index (κ2) is 10.3. The highest BCUT2D eigenvalue weighted by Crippen LogP contribution is 2.20. The van der Waals surface area contributed by atoms with Crippen LogP contribution in [0.4, 0.5) is 4.39 Å². The van der Waals surface area contributed by atoms with E-state index in [2.05, 4.69) is 10.6 Å². The lowest BCUT2D eigenvalue weighted by Crippen LogP contribution is -3.15. The number of nitrogens with one attached hydrogen (secondary N) is 3. The molecule has 5 nitrogen and oxygen atoms in total. The lowest BCUT2D eigenvalue weighted by atomic mass is 10.0. The van der Waals surface area contributed by atoms with Crippen LogP contribution in [0.3, 0.4) is 0 Å². The van der Waals surface area contributed by atoms with E-state index in [0.717, 1.165) is 18.7 Å². The Morgan fingerprint density at radius 1 is 1.17 bits per heavy atom. The van der Waals surface area contributed by atoms with Crippen molar-refractivity contribution in [1.82, 2.24) is 10.6 Å². The zero-order valence-corrected chi connectivity index (χ0v) is 17.8. The van der Waals surface area contributed by atoms with Crippen LogP contribution in [0.2, 0.25) is 10.0 Å². The summed E-state index contributed by atoms with van der Waals surface area (Å²) in [4.78, 5) is 13.7. The molecule has 9 heteroatoms. The molecule has 1 atom stereocenters. The van der Waals surface area contributed by atoms with E-state index >= 15 is 0 Å². The molecule has 1 aliphatic heterocycles. The maximum atomic E-state index is 13.3. The first-order valence-corrected chi connectivity index (χ1v) is 10.3. The third-order valence-electron chi connectivity index (χ3n) is 4.77. The maximum Gasteiger partial charge on any atom is 0.258 e.